The first-order chi connectivity index (χ1) is 19.7. The second-order valence-electron chi connectivity index (χ2n) is 12.5. The average Bonchev–Trinajstić information content (AvgIpc) is 2.89. The highest BCUT2D eigenvalue weighted by Crippen LogP contribution is 2.27. The molecule has 0 radical (unpaired) electrons. The van der Waals surface area contributed by atoms with Gasteiger partial charge in [0.25, 0.3) is 5.91 Å². The van der Waals surface area contributed by atoms with E-state index in [4.69, 9.17) is 19.9 Å². The summed E-state index contributed by atoms with van der Waals surface area (Å²) in [6.45, 7) is 14.2. The molecule has 0 aliphatic rings. The monoisotopic (exact) mass is 593 g/mol. The fourth-order valence-corrected chi connectivity index (χ4v) is 4.88. The molecule has 10 heteroatoms. The first-order valence-corrected chi connectivity index (χ1v) is 15.2. The fourth-order valence-electron chi connectivity index (χ4n) is 4.88. The number of para-hydroxylation sites is 1. The molecule has 0 aliphatic carbocycles. The van der Waals surface area contributed by atoms with Crippen molar-refractivity contribution in [2.24, 2.45) is 23.5 Å². The molecule has 1 unspecified atom stereocenters. The second kappa shape index (κ2) is 18.6. The highest BCUT2D eigenvalue weighted by atomic mass is 16.6. The van der Waals surface area contributed by atoms with Gasteiger partial charge in [0.05, 0.1) is 24.3 Å². The summed E-state index contributed by atoms with van der Waals surface area (Å²) in [6.07, 6.45) is 2.81. The minimum atomic E-state index is -1.06. The third-order valence-electron chi connectivity index (χ3n) is 7.15. The van der Waals surface area contributed by atoms with E-state index < -0.39 is 47.6 Å². The molecule has 0 saturated heterocycles. The summed E-state index contributed by atoms with van der Waals surface area (Å²) >= 11 is 0. The van der Waals surface area contributed by atoms with Crippen LogP contribution >= 0.6 is 0 Å². The summed E-state index contributed by atoms with van der Waals surface area (Å²) in [7, 11) is 1.61. The maximum atomic E-state index is 13.4. The van der Waals surface area contributed by atoms with E-state index >= 15 is 0 Å². The van der Waals surface area contributed by atoms with Crippen LogP contribution in [0.1, 0.15) is 97.3 Å². The molecule has 0 aliphatic heterocycles. The third-order valence-corrected chi connectivity index (χ3v) is 7.15. The molecule has 10 nitrogen and oxygen atoms in total. The Balaban J connectivity index is 3.23. The zero-order valence-electron chi connectivity index (χ0n) is 26.9. The maximum Gasteiger partial charge on any atom is 0.407 e. The Kier molecular flexibility index (Phi) is 16.5. The van der Waals surface area contributed by atoms with Gasteiger partial charge in [0.2, 0.25) is 5.91 Å². The van der Waals surface area contributed by atoms with Gasteiger partial charge in [-0.15, -0.1) is 0 Å². The topological polar surface area (TPSA) is 149 Å². The molecule has 0 heterocycles. The van der Waals surface area contributed by atoms with Crippen LogP contribution < -0.4 is 21.1 Å². The Hall–Kier alpha value is -2.85. The minimum Gasteiger partial charge on any atom is -0.493 e. The number of amides is 3. The first kappa shape index (κ1) is 37.2. The number of nitrogens with one attached hydrogen (secondary N) is 2. The second-order valence-corrected chi connectivity index (χ2v) is 12.5. The number of aliphatic hydroxyl groups excluding tert-OH is 1. The number of primary amides is 1. The van der Waals surface area contributed by atoms with E-state index in [2.05, 4.69) is 24.5 Å². The molecule has 0 saturated carbocycles. The summed E-state index contributed by atoms with van der Waals surface area (Å²) in [6, 6.07) is 5.00. The summed E-state index contributed by atoms with van der Waals surface area (Å²) in [5.74, 6) is -1.22. The van der Waals surface area contributed by atoms with Crippen LogP contribution in [0.3, 0.4) is 0 Å². The number of hydrogen-bond donors (Lipinski definition) is 4. The smallest absolute Gasteiger partial charge is 0.407 e. The summed E-state index contributed by atoms with van der Waals surface area (Å²) in [4.78, 5) is 39.0. The van der Waals surface area contributed by atoms with Crippen LogP contribution in [0.25, 0.3) is 0 Å². The Labute approximate surface area is 252 Å². The molecule has 5 N–H and O–H groups in total. The average molecular weight is 594 g/mol. The Morgan fingerprint density at radius 2 is 1.67 bits per heavy atom. The van der Waals surface area contributed by atoms with Crippen molar-refractivity contribution >= 4 is 17.9 Å². The maximum absolute atomic E-state index is 13.4. The van der Waals surface area contributed by atoms with Crippen molar-refractivity contribution in [3.63, 3.8) is 0 Å². The Morgan fingerprint density at radius 1 is 1.00 bits per heavy atom. The standard InChI is InChI=1S/C32H55N3O7/c1-9-10-14-22(4)19-26(36)25(34-31(39)42-32(5,6)7)20-24(21(2)3)28(29(33)37)35-30(38)23-15-11-12-16-27(23)41-18-13-17-40-8/h11-12,15-16,21-22,24-26,28,36H,9-10,13-14,17-20H2,1-8H3,(H2,33,37)(H,34,39)(H,35,38)/t22-,24-,25+,26+,28?/m1/s1. The number of hydrogen-bond acceptors (Lipinski definition) is 7. The van der Waals surface area contributed by atoms with Gasteiger partial charge in [0.1, 0.15) is 17.4 Å². The van der Waals surface area contributed by atoms with Crippen molar-refractivity contribution in [2.45, 2.75) is 111 Å². The first-order valence-electron chi connectivity index (χ1n) is 15.2. The molecule has 5 atom stereocenters. The molecule has 42 heavy (non-hydrogen) atoms. The van der Waals surface area contributed by atoms with Crippen molar-refractivity contribution in [2.75, 3.05) is 20.3 Å². The van der Waals surface area contributed by atoms with E-state index in [0.29, 0.717) is 31.8 Å². The molecule has 0 fully saturated rings. The number of unbranched alkanes of at least 4 members (excludes halogenated alkanes) is 1. The van der Waals surface area contributed by atoms with E-state index in [-0.39, 0.29) is 23.8 Å². The number of alkyl carbamates (subject to hydrolysis) is 1. The van der Waals surface area contributed by atoms with Crippen molar-refractivity contribution in [3.8, 4) is 5.75 Å². The number of carbonyl (C=O) groups is 3. The number of benzene rings is 1. The highest BCUT2D eigenvalue weighted by molar-refractivity contribution is 5.99. The van der Waals surface area contributed by atoms with E-state index in [9.17, 15) is 19.5 Å². The number of methoxy groups -OCH3 is 1. The number of nitrogens with two attached hydrogens (primary N) is 1. The minimum absolute atomic E-state index is 0.129. The van der Waals surface area contributed by atoms with Gasteiger partial charge in [0.15, 0.2) is 0 Å². The van der Waals surface area contributed by atoms with E-state index in [1.54, 1.807) is 52.1 Å². The van der Waals surface area contributed by atoms with Gasteiger partial charge in [0, 0.05) is 20.1 Å². The van der Waals surface area contributed by atoms with Crippen molar-refractivity contribution in [3.05, 3.63) is 29.8 Å². The molecule has 0 bridgehead atoms. The molecule has 0 aromatic heterocycles. The highest BCUT2D eigenvalue weighted by Gasteiger charge is 2.36. The number of ether oxygens (including phenoxy) is 3. The zero-order chi connectivity index (χ0) is 31.9. The fraction of sp³-hybridized carbons (Fsp3) is 0.719. The molecule has 1 aromatic carbocycles. The summed E-state index contributed by atoms with van der Waals surface area (Å²) < 4.78 is 16.3. The molecular weight excluding hydrogens is 538 g/mol. The van der Waals surface area contributed by atoms with E-state index in [0.717, 1.165) is 19.3 Å². The summed E-state index contributed by atoms with van der Waals surface area (Å²) in [5, 5.41) is 16.9. The molecule has 0 spiro atoms. The van der Waals surface area contributed by atoms with Gasteiger partial charge in [-0.05, 0) is 63.5 Å². The molecule has 3 amide bonds. The Bertz CT molecular complexity index is 964. The van der Waals surface area contributed by atoms with Gasteiger partial charge in [-0.1, -0.05) is 59.1 Å². The lowest BCUT2D eigenvalue weighted by Crippen LogP contribution is -2.54. The van der Waals surface area contributed by atoms with Crippen molar-refractivity contribution in [1.29, 1.82) is 0 Å². The van der Waals surface area contributed by atoms with Crippen LogP contribution in [-0.4, -0.2) is 67.1 Å². The quantitative estimate of drug-likeness (QED) is 0.168. The van der Waals surface area contributed by atoms with Crippen LogP contribution in [0.2, 0.25) is 0 Å². The van der Waals surface area contributed by atoms with Gasteiger partial charge in [-0.3, -0.25) is 9.59 Å². The van der Waals surface area contributed by atoms with Crippen molar-refractivity contribution in [1.82, 2.24) is 10.6 Å². The largest absolute Gasteiger partial charge is 0.493 e. The number of rotatable bonds is 19. The summed E-state index contributed by atoms with van der Waals surface area (Å²) in [5.41, 5.74) is 5.40. The van der Waals surface area contributed by atoms with Crippen LogP contribution in [0.5, 0.6) is 5.75 Å². The normalized spacial score (nSPS) is 15.3. The Morgan fingerprint density at radius 3 is 2.24 bits per heavy atom. The van der Waals surface area contributed by atoms with E-state index in [1.807, 2.05) is 13.8 Å². The van der Waals surface area contributed by atoms with Crippen LogP contribution in [0, 0.1) is 17.8 Å². The molecule has 1 rings (SSSR count). The zero-order valence-corrected chi connectivity index (χ0v) is 26.9. The van der Waals surface area contributed by atoms with Crippen molar-refractivity contribution < 1.29 is 33.7 Å². The van der Waals surface area contributed by atoms with Crippen LogP contribution in [0.15, 0.2) is 24.3 Å². The SMILES string of the molecule is CCCC[C@@H](C)C[C@H](O)[C@H](C[C@H](C(C)C)C(NC(=O)c1ccccc1OCCCOC)C(N)=O)NC(=O)OC(C)(C)C. The van der Waals surface area contributed by atoms with Gasteiger partial charge in [-0.2, -0.15) is 0 Å². The van der Waals surface area contributed by atoms with Gasteiger partial charge in [-0.25, -0.2) is 4.79 Å². The predicted molar refractivity (Wildman–Crippen MR) is 164 cm³/mol. The van der Waals surface area contributed by atoms with Crippen LogP contribution in [-0.2, 0) is 14.3 Å². The molecule has 1 aromatic rings. The van der Waals surface area contributed by atoms with Crippen LogP contribution in [0.4, 0.5) is 4.79 Å². The lowest BCUT2D eigenvalue weighted by atomic mass is 9.80. The van der Waals surface area contributed by atoms with Gasteiger partial charge >= 0.3 is 6.09 Å². The molecule has 240 valence electrons. The van der Waals surface area contributed by atoms with Gasteiger partial charge < -0.3 is 35.7 Å². The third kappa shape index (κ3) is 13.9. The number of carbonyl (C=O) groups excluding carboxylic acids is 3. The molecular formula is C32H55N3O7. The lowest BCUT2D eigenvalue weighted by Gasteiger charge is -2.35. The number of aliphatic hydroxyl groups is 1. The van der Waals surface area contributed by atoms with E-state index in [1.165, 1.54) is 0 Å². The lowest BCUT2D eigenvalue weighted by molar-refractivity contribution is -0.121. The predicted octanol–water partition coefficient (Wildman–Crippen LogP) is 4.82.